The van der Waals surface area contributed by atoms with E-state index in [9.17, 15) is 31.4 Å². The number of amides is 1. The lowest BCUT2D eigenvalue weighted by Crippen LogP contribution is -2.33. The van der Waals surface area contributed by atoms with Crippen molar-refractivity contribution in [3.63, 3.8) is 0 Å². The summed E-state index contributed by atoms with van der Waals surface area (Å²) in [5, 5.41) is 0. The van der Waals surface area contributed by atoms with Crippen molar-refractivity contribution >= 4 is 16.7 Å². The Balaban J connectivity index is 2.40. The molecule has 0 saturated heterocycles. The quantitative estimate of drug-likeness (QED) is 0.574. The number of pyridine rings is 1. The molecule has 0 radical (unpaired) electrons. The lowest BCUT2D eigenvalue weighted by molar-refractivity contribution is -0.137. The number of hydrogen-bond donors (Lipinski definition) is 1. The summed E-state index contributed by atoms with van der Waals surface area (Å²) >= 11 is 0. The molecule has 0 aliphatic rings. The Morgan fingerprint density at radius 1 is 1.12 bits per heavy atom. The fraction of sp³-hybridized carbons (Fsp3) is 0.182. The van der Waals surface area contributed by atoms with E-state index in [1.807, 2.05) is 0 Å². The highest BCUT2D eigenvalue weighted by molar-refractivity contribution is 7.85. The number of carbonyl (C=O) groups excluding carboxylic acids is 1. The second-order valence-electron chi connectivity index (χ2n) is 6.90. The third-order valence-electron chi connectivity index (χ3n) is 4.90. The van der Waals surface area contributed by atoms with Gasteiger partial charge in [-0.25, -0.2) is 8.60 Å². The Morgan fingerprint density at radius 3 is 2.28 bits per heavy atom. The zero-order chi connectivity index (χ0) is 23.8. The van der Waals surface area contributed by atoms with Gasteiger partial charge < -0.3 is 5.73 Å². The number of nitrogens with zero attached hydrogens (tertiary/aromatic N) is 1. The second kappa shape index (κ2) is 8.70. The largest absolute Gasteiger partial charge is 0.416 e. The average molecular weight is 466 g/mol. The number of primary amides is 1. The molecule has 10 heteroatoms. The molecule has 0 saturated carbocycles. The lowest BCUT2D eigenvalue weighted by Gasteiger charge is -2.20. The predicted octanol–water partition coefficient (Wildman–Crippen LogP) is 4.13. The van der Waals surface area contributed by atoms with Crippen LogP contribution in [0.3, 0.4) is 0 Å². The molecular formula is C22H18F4N2O3S. The minimum absolute atomic E-state index is 0.0601. The highest BCUT2D eigenvalue weighted by Gasteiger charge is 2.32. The minimum atomic E-state index is -4.66. The first kappa shape index (κ1) is 23.4. The van der Waals surface area contributed by atoms with Gasteiger partial charge in [0.15, 0.2) is 0 Å². The SMILES string of the molecule is CCc1c(S(=O)c2ccc(F)cc2)c(C)n(-c2cccc(C(F)(F)F)c2)c(=O)c1C(N)=O. The van der Waals surface area contributed by atoms with Gasteiger partial charge in [-0.3, -0.25) is 14.2 Å². The number of benzene rings is 2. The Labute approximate surface area is 182 Å². The van der Waals surface area contributed by atoms with Crippen LogP contribution < -0.4 is 11.3 Å². The zero-order valence-corrected chi connectivity index (χ0v) is 17.8. The summed E-state index contributed by atoms with van der Waals surface area (Å²) in [6, 6.07) is 8.77. The van der Waals surface area contributed by atoms with Crippen LogP contribution in [0, 0.1) is 12.7 Å². The van der Waals surface area contributed by atoms with E-state index in [0.29, 0.717) is 0 Å². The molecular weight excluding hydrogens is 448 g/mol. The number of nitrogens with two attached hydrogens (primary N) is 1. The van der Waals surface area contributed by atoms with Gasteiger partial charge in [0, 0.05) is 16.3 Å². The Kier molecular flexibility index (Phi) is 6.36. The van der Waals surface area contributed by atoms with Crippen molar-refractivity contribution in [2.24, 2.45) is 5.73 Å². The maximum Gasteiger partial charge on any atom is 0.416 e. The first-order valence-electron chi connectivity index (χ1n) is 9.40. The molecule has 0 fully saturated rings. The standard InChI is InChI=1S/C22H18F4N2O3S/c1-3-17-18(20(27)29)21(30)28(15-6-4-5-13(11-15)22(24,25)26)12(2)19(17)32(31)16-9-7-14(23)8-10-16/h4-11H,3H2,1-2H3,(H2,27,29). The van der Waals surface area contributed by atoms with Gasteiger partial charge in [-0.2, -0.15) is 13.2 Å². The van der Waals surface area contributed by atoms with Gasteiger partial charge in [0.25, 0.3) is 11.5 Å². The Hall–Kier alpha value is -3.27. The highest BCUT2D eigenvalue weighted by Crippen LogP contribution is 2.32. The van der Waals surface area contributed by atoms with Crippen LogP contribution in [0.5, 0.6) is 0 Å². The molecule has 1 aromatic heterocycles. The minimum Gasteiger partial charge on any atom is -0.365 e. The normalized spacial score (nSPS) is 12.6. The van der Waals surface area contributed by atoms with Crippen molar-refractivity contribution < 1.29 is 26.6 Å². The van der Waals surface area contributed by atoms with Crippen molar-refractivity contribution in [2.75, 3.05) is 0 Å². The summed E-state index contributed by atoms with van der Waals surface area (Å²) in [7, 11) is -1.98. The molecule has 3 aromatic rings. The zero-order valence-electron chi connectivity index (χ0n) is 17.0. The van der Waals surface area contributed by atoms with E-state index in [1.54, 1.807) is 6.92 Å². The molecule has 1 unspecified atom stereocenters. The average Bonchev–Trinajstić information content (AvgIpc) is 2.72. The smallest absolute Gasteiger partial charge is 0.365 e. The number of alkyl halides is 3. The molecule has 1 atom stereocenters. The molecule has 0 bridgehead atoms. The van der Waals surface area contributed by atoms with Gasteiger partial charge in [-0.05, 0) is 61.4 Å². The first-order chi connectivity index (χ1) is 15.0. The number of aromatic nitrogens is 1. The van der Waals surface area contributed by atoms with E-state index in [-0.39, 0.29) is 33.2 Å². The summed E-state index contributed by atoms with van der Waals surface area (Å²) in [6.07, 6.45) is -4.55. The molecule has 1 amide bonds. The summed E-state index contributed by atoms with van der Waals surface area (Å²) in [5.74, 6) is -1.64. The van der Waals surface area contributed by atoms with Crippen LogP contribution in [-0.2, 0) is 23.4 Å². The molecule has 0 aliphatic heterocycles. The maximum absolute atomic E-state index is 13.4. The van der Waals surface area contributed by atoms with E-state index in [4.69, 9.17) is 5.73 Å². The van der Waals surface area contributed by atoms with E-state index < -0.39 is 45.4 Å². The molecule has 0 aliphatic carbocycles. The molecule has 168 valence electrons. The number of hydrogen-bond acceptors (Lipinski definition) is 3. The number of rotatable bonds is 5. The summed E-state index contributed by atoms with van der Waals surface area (Å²) in [4.78, 5) is 25.6. The molecule has 2 N–H and O–H groups in total. The van der Waals surface area contributed by atoms with Crippen LogP contribution >= 0.6 is 0 Å². The molecule has 3 rings (SSSR count). The summed E-state index contributed by atoms with van der Waals surface area (Å²) in [5.41, 5.74) is 3.12. The van der Waals surface area contributed by atoms with Crippen molar-refractivity contribution in [2.45, 2.75) is 36.2 Å². The van der Waals surface area contributed by atoms with Gasteiger partial charge in [-0.1, -0.05) is 13.0 Å². The number of carbonyl (C=O) groups is 1. The molecule has 2 aromatic carbocycles. The summed E-state index contributed by atoms with van der Waals surface area (Å²) < 4.78 is 67.3. The van der Waals surface area contributed by atoms with E-state index >= 15 is 0 Å². The third kappa shape index (κ3) is 4.22. The van der Waals surface area contributed by atoms with Gasteiger partial charge in [0.2, 0.25) is 0 Å². The molecule has 5 nitrogen and oxygen atoms in total. The van der Waals surface area contributed by atoms with E-state index in [2.05, 4.69) is 0 Å². The Morgan fingerprint density at radius 2 is 1.75 bits per heavy atom. The highest BCUT2D eigenvalue weighted by atomic mass is 32.2. The Bertz CT molecular complexity index is 1280. The van der Waals surface area contributed by atoms with Crippen LogP contribution in [-0.4, -0.2) is 14.7 Å². The molecule has 32 heavy (non-hydrogen) atoms. The second-order valence-corrected chi connectivity index (χ2v) is 8.31. The topological polar surface area (TPSA) is 82.2 Å². The van der Waals surface area contributed by atoms with Crippen LogP contribution in [0.25, 0.3) is 5.69 Å². The first-order valence-corrected chi connectivity index (χ1v) is 10.6. The summed E-state index contributed by atoms with van der Waals surface area (Å²) in [6.45, 7) is 3.04. The van der Waals surface area contributed by atoms with Gasteiger partial charge >= 0.3 is 6.18 Å². The van der Waals surface area contributed by atoms with Crippen LogP contribution in [0.1, 0.15) is 34.1 Å². The maximum atomic E-state index is 13.4. The van der Waals surface area contributed by atoms with Crippen LogP contribution in [0.15, 0.2) is 63.1 Å². The monoisotopic (exact) mass is 466 g/mol. The van der Waals surface area contributed by atoms with E-state index in [1.165, 1.54) is 25.1 Å². The predicted molar refractivity (Wildman–Crippen MR) is 111 cm³/mol. The lowest BCUT2D eigenvalue weighted by atomic mass is 10.0. The van der Waals surface area contributed by atoms with Crippen molar-refractivity contribution in [1.82, 2.24) is 4.57 Å². The molecule has 0 spiro atoms. The number of halogens is 4. The van der Waals surface area contributed by atoms with Crippen LogP contribution in [0.4, 0.5) is 17.6 Å². The van der Waals surface area contributed by atoms with Gasteiger partial charge in [0.1, 0.15) is 11.4 Å². The van der Waals surface area contributed by atoms with Crippen molar-refractivity contribution in [3.05, 3.63) is 87.1 Å². The van der Waals surface area contributed by atoms with Crippen molar-refractivity contribution in [1.29, 1.82) is 0 Å². The fourth-order valence-corrected chi connectivity index (χ4v) is 4.92. The van der Waals surface area contributed by atoms with Gasteiger partial charge in [0.05, 0.1) is 21.3 Å². The fourth-order valence-electron chi connectivity index (χ4n) is 3.47. The van der Waals surface area contributed by atoms with Gasteiger partial charge in [-0.15, -0.1) is 0 Å². The van der Waals surface area contributed by atoms with E-state index in [0.717, 1.165) is 34.9 Å². The van der Waals surface area contributed by atoms with Crippen LogP contribution in [0.2, 0.25) is 0 Å². The third-order valence-corrected chi connectivity index (χ3v) is 6.51. The van der Waals surface area contributed by atoms with Crippen molar-refractivity contribution in [3.8, 4) is 5.69 Å². The molecule has 1 heterocycles.